The largest absolute Gasteiger partial charge is 0.451 e. The lowest BCUT2D eigenvalue weighted by atomic mass is 10.1. The first kappa shape index (κ1) is 22.5. The number of hydrogen-bond acceptors (Lipinski definition) is 5. The molecule has 2 aromatic carbocycles. The van der Waals surface area contributed by atoms with Crippen LogP contribution in [0, 0.1) is 6.92 Å². The van der Waals surface area contributed by atoms with E-state index in [2.05, 4.69) is 17.4 Å². The highest BCUT2D eigenvalue weighted by molar-refractivity contribution is 7.89. The van der Waals surface area contributed by atoms with Gasteiger partial charge in [0.1, 0.15) is 5.58 Å². The van der Waals surface area contributed by atoms with E-state index in [0.717, 1.165) is 12.8 Å². The first-order valence-corrected chi connectivity index (χ1v) is 12.3. The summed E-state index contributed by atoms with van der Waals surface area (Å²) in [4.78, 5) is 13.0. The molecular formula is C24H28N2O5S. The molecule has 1 N–H and O–H groups in total. The van der Waals surface area contributed by atoms with Gasteiger partial charge in [-0.15, -0.1) is 0 Å². The number of carbonyl (C=O) groups excluding carboxylic acids is 1. The molecule has 1 fully saturated rings. The standard InChI is InChI=1S/C24H28N2O5S/c1-17(8-9-19-6-4-3-5-7-19)25-24(27)23-18(2)21-16-20(10-11-22(21)31-23)32(28,29)26-12-14-30-15-13-26/h3-7,10-11,16-17H,8-9,12-15H2,1-2H3,(H,25,27). The fraction of sp³-hybridized carbons (Fsp3) is 0.375. The molecule has 1 amide bonds. The summed E-state index contributed by atoms with van der Waals surface area (Å²) in [6.07, 6.45) is 1.67. The first-order chi connectivity index (χ1) is 15.4. The van der Waals surface area contributed by atoms with Crippen LogP contribution >= 0.6 is 0 Å². The van der Waals surface area contributed by atoms with Crippen molar-refractivity contribution in [3.05, 3.63) is 65.4 Å². The molecule has 7 nitrogen and oxygen atoms in total. The smallest absolute Gasteiger partial charge is 0.287 e. The summed E-state index contributed by atoms with van der Waals surface area (Å²) in [5, 5.41) is 3.62. The number of benzene rings is 2. The third kappa shape index (κ3) is 4.72. The first-order valence-electron chi connectivity index (χ1n) is 10.8. The summed E-state index contributed by atoms with van der Waals surface area (Å²) >= 11 is 0. The van der Waals surface area contributed by atoms with Crippen molar-refractivity contribution >= 4 is 26.9 Å². The van der Waals surface area contributed by atoms with Crippen molar-refractivity contribution in [1.82, 2.24) is 9.62 Å². The van der Waals surface area contributed by atoms with Gasteiger partial charge in [0.25, 0.3) is 5.91 Å². The second kappa shape index (κ2) is 9.44. The molecule has 2 heterocycles. The van der Waals surface area contributed by atoms with Crippen LogP contribution < -0.4 is 5.32 Å². The third-order valence-corrected chi connectivity index (χ3v) is 7.70. The molecule has 8 heteroatoms. The van der Waals surface area contributed by atoms with Gasteiger partial charge < -0.3 is 14.5 Å². The highest BCUT2D eigenvalue weighted by Crippen LogP contribution is 2.29. The van der Waals surface area contributed by atoms with E-state index < -0.39 is 10.0 Å². The van der Waals surface area contributed by atoms with Gasteiger partial charge in [-0.25, -0.2) is 8.42 Å². The molecule has 0 bridgehead atoms. The van der Waals surface area contributed by atoms with E-state index in [1.54, 1.807) is 19.1 Å². The summed E-state index contributed by atoms with van der Waals surface area (Å²) < 4.78 is 38.4. The zero-order valence-corrected chi connectivity index (χ0v) is 19.2. The van der Waals surface area contributed by atoms with Crippen molar-refractivity contribution in [2.75, 3.05) is 26.3 Å². The van der Waals surface area contributed by atoms with Gasteiger partial charge in [0.15, 0.2) is 5.76 Å². The maximum atomic E-state index is 13.0. The van der Waals surface area contributed by atoms with Crippen LogP contribution in [-0.2, 0) is 21.2 Å². The van der Waals surface area contributed by atoms with Crippen molar-refractivity contribution in [2.24, 2.45) is 0 Å². The van der Waals surface area contributed by atoms with E-state index in [9.17, 15) is 13.2 Å². The predicted molar refractivity (Wildman–Crippen MR) is 122 cm³/mol. The maximum Gasteiger partial charge on any atom is 0.287 e. The monoisotopic (exact) mass is 456 g/mol. The van der Waals surface area contributed by atoms with Crippen molar-refractivity contribution in [3.63, 3.8) is 0 Å². The van der Waals surface area contributed by atoms with Gasteiger partial charge in [-0.05, 0) is 50.5 Å². The van der Waals surface area contributed by atoms with Crippen LogP contribution in [-0.4, -0.2) is 51.0 Å². The Morgan fingerprint density at radius 1 is 1.12 bits per heavy atom. The molecular weight excluding hydrogens is 428 g/mol. The number of aryl methyl sites for hydroxylation is 2. The molecule has 0 aliphatic carbocycles. The average molecular weight is 457 g/mol. The fourth-order valence-corrected chi connectivity index (χ4v) is 5.34. The number of amides is 1. The highest BCUT2D eigenvalue weighted by Gasteiger charge is 2.28. The number of ether oxygens (including phenoxy) is 1. The van der Waals surface area contributed by atoms with Gasteiger partial charge in [0.2, 0.25) is 10.0 Å². The van der Waals surface area contributed by atoms with E-state index in [-0.39, 0.29) is 22.6 Å². The molecule has 4 rings (SSSR count). The zero-order chi connectivity index (χ0) is 22.7. The topological polar surface area (TPSA) is 88.8 Å². The Labute approximate surface area is 188 Å². The Bertz CT molecular complexity index is 1200. The Kier molecular flexibility index (Phi) is 6.64. The third-order valence-electron chi connectivity index (χ3n) is 5.81. The number of sulfonamides is 1. The van der Waals surface area contributed by atoms with Crippen LogP contribution in [0.4, 0.5) is 0 Å². The molecule has 1 saturated heterocycles. The Morgan fingerprint density at radius 3 is 2.56 bits per heavy atom. The number of furan rings is 1. The van der Waals surface area contributed by atoms with Gasteiger partial charge in [-0.2, -0.15) is 4.31 Å². The lowest BCUT2D eigenvalue weighted by molar-refractivity contribution is 0.0730. The number of hydrogen-bond donors (Lipinski definition) is 1. The second-order valence-electron chi connectivity index (χ2n) is 8.13. The van der Waals surface area contributed by atoms with E-state index in [0.29, 0.717) is 42.8 Å². The van der Waals surface area contributed by atoms with Gasteiger partial charge in [0.05, 0.1) is 18.1 Å². The van der Waals surface area contributed by atoms with Gasteiger partial charge in [-0.1, -0.05) is 30.3 Å². The maximum absolute atomic E-state index is 13.0. The van der Waals surface area contributed by atoms with Crippen LogP contribution in [0.25, 0.3) is 11.0 Å². The lowest BCUT2D eigenvalue weighted by Gasteiger charge is -2.26. The van der Waals surface area contributed by atoms with Gasteiger partial charge in [0, 0.05) is 30.1 Å². The number of fused-ring (bicyclic) bond motifs is 1. The number of rotatable bonds is 7. The molecule has 0 saturated carbocycles. The molecule has 1 unspecified atom stereocenters. The minimum atomic E-state index is -3.62. The van der Waals surface area contributed by atoms with Crippen molar-refractivity contribution < 1.29 is 22.4 Å². The van der Waals surface area contributed by atoms with E-state index in [1.807, 2.05) is 25.1 Å². The van der Waals surface area contributed by atoms with Crippen LogP contribution in [0.2, 0.25) is 0 Å². The number of nitrogens with zero attached hydrogens (tertiary/aromatic N) is 1. The SMILES string of the molecule is Cc1c(C(=O)NC(C)CCc2ccccc2)oc2ccc(S(=O)(=O)N3CCOCC3)cc12. The molecule has 1 aliphatic rings. The molecule has 1 aromatic heterocycles. The van der Waals surface area contributed by atoms with Crippen molar-refractivity contribution in [3.8, 4) is 0 Å². The van der Waals surface area contributed by atoms with Crippen LogP contribution in [0.15, 0.2) is 57.8 Å². The number of carbonyl (C=O) groups is 1. The van der Waals surface area contributed by atoms with Gasteiger partial charge in [-0.3, -0.25) is 4.79 Å². The van der Waals surface area contributed by atoms with Crippen molar-refractivity contribution in [1.29, 1.82) is 0 Å². The second-order valence-corrected chi connectivity index (χ2v) is 10.1. The number of morpholine rings is 1. The molecule has 32 heavy (non-hydrogen) atoms. The number of nitrogens with one attached hydrogen (secondary N) is 1. The molecule has 0 radical (unpaired) electrons. The van der Waals surface area contributed by atoms with E-state index in [4.69, 9.17) is 9.15 Å². The summed E-state index contributed by atoms with van der Waals surface area (Å²) in [5.74, 6) is -0.0793. The normalized spacial score (nSPS) is 16.2. The Hall–Kier alpha value is -2.68. The van der Waals surface area contributed by atoms with Crippen LogP contribution in [0.3, 0.4) is 0 Å². The molecule has 1 aliphatic heterocycles. The Balaban J connectivity index is 1.49. The average Bonchev–Trinajstić information content (AvgIpc) is 3.15. The summed E-state index contributed by atoms with van der Waals surface area (Å²) in [6.45, 7) is 5.18. The highest BCUT2D eigenvalue weighted by atomic mass is 32.2. The lowest BCUT2D eigenvalue weighted by Crippen LogP contribution is -2.40. The summed E-state index contributed by atoms with van der Waals surface area (Å²) in [7, 11) is -3.62. The minimum absolute atomic E-state index is 0.0347. The summed E-state index contributed by atoms with van der Waals surface area (Å²) in [5.41, 5.74) is 2.35. The predicted octanol–water partition coefficient (Wildman–Crippen LogP) is 3.51. The Morgan fingerprint density at radius 2 is 1.84 bits per heavy atom. The molecule has 170 valence electrons. The van der Waals surface area contributed by atoms with Crippen LogP contribution in [0.5, 0.6) is 0 Å². The van der Waals surface area contributed by atoms with Crippen molar-refractivity contribution in [2.45, 2.75) is 37.6 Å². The minimum Gasteiger partial charge on any atom is -0.451 e. The molecule has 1 atom stereocenters. The fourth-order valence-electron chi connectivity index (χ4n) is 3.90. The molecule has 3 aromatic rings. The van der Waals surface area contributed by atoms with Crippen LogP contribution in [0.1, 0.15) is 35.0 Å². The zero-order valence-electron chi connectivity index (χ0n) is 18.3. The van der Waals surface area contributed by atoms with E-state index in [1.165, 1.54) is 15.9 Å². The van der Waals surface area contributed by atoms with Gasteiger partial charge >= 0.3 is 0 Å². The molecule has 0 spiro atoms. The quantitative estimate of drug-likeness (QED) is 0.588. The summed E-state index contributed by atoms with van der Waals surface area (Å²) in [6, 6.07) is 14.8. The van der Waals surface area contributed by atoms with E-state index >= 15 is 0 Å².